The predicted octanol–water partition coefficient (Wildman–Crippen LogP) is 3.81. The van der Waals surface area contributed by atoms with Crippen LogP contribution >= 0.6 is 0 Å². The van der Waals surface area contributed by atoms with E-state index >= 15 is 0 Å². The van der Waals surface area contributed by atoms with E-state index in [2.05, 4.69) is 65.8 Å². The maximum atomic E-state index is 12.8. The van der Waals surface area contributed by atoms with Gasteiger partial charge in [-0.1, -0.05) is 43.3 Å². The fourth-order valence-corrected chi connectivity index (χ4v) is 8.51. The van der Waals surface area contributed by atoms with Crippen molar-refractivity contribution in [3.05, 3.63) is 65.9 Å². The molecule has 1 saturated carbocycles. The molecule has 0 radical (unpaired) electrons. The molecule has 46 heavy (non-hydrogen) atoms. The third-order valence-corrected chi connectivity index (χ3v) is 11.9. The molecule has 2 fully saturated rings. The Balaban J connectivity index is 1.30. The highest BCUT2D eigenvalue weighted by Gasteiger charge is 2.35. The molecule has 1 atom stereocenters. The summed E-state index contributed by atoms with van der Waals surface area (Å²) in [7, 11) is -1.75. The number of hydrogen-bond acceptors (Lipinski definition) is 9. The minimum absolute atomic E-state index is 0.117. The van der Waals surface area contributed by atoms with Crippen LogP contribution in [0.4, 0.5) is 11.5 Å². The monoisotopic (exact) mass is 643 g/mol. The number of benzene rings is 2. The zero-order chi connectivity index (χ0) is 32.4. The molecule has 1 saturated heterocycles. The van der Waals surface area contributed by atoms with Gasteiger partial charge in [0.1, 0.15) is 12.4 Å². The number of aromatic nitrogens is 2. The summed E-state index contributed by atoms with van der Waals surface area (Å²) < 4.78 is 33.1. The van der Waals surface area contributed by atoms with Gasteiger partial charge in [-0.15, -0.1) is 0 Å². The van der Waals surface area contributed by atoms with Crippen LogP contribution in [0.15, 0.2) is 49.1 Å². The third-order valence-electron chi connectivity index (χ3n) is 9.57. The lowest BCUT2D eigenvalue weighted by molar-refractivity contribution is -0.128. The van der Waals surface area contributed by atoms with E-state index in [1.807, 2.05) is 0 Å². The van der Waals surface area contributed by atoms with Gasteiger partial charge in [-0.3, -0.25) is 4.79 Å². The quantitative estimate of drug-likeness (QED) is 0.304. The molecule has 3 heterocycles. The summed E-state index contributed by atoms with van der Waals surface area (Å²) in [6.45, 7) is 8.84. The summed E-state index contributed by atoms with van der Waals surface area (Å²) in [6.07, 6.45) is 4.56. The number of carbonyl (C=O) groups excluding carboxylic acids is 1. The number of fused-ring (bicyclic) bond motifs is 2. The number of aryl methyl sites for hydroxylation is 1. The number of ether oxygens (including phenoxy) is 1. The zero-order valence-electron chi connectivity index (χ0n) is 26.6. The van der Waals surface area contributed by atoms with E-state index in [0.29, 0.717) is 45.4 Å². The first-order chi connectivity index (χ1) is 22.2. The van der Waals surface area contributed by atoms with Gasteiger partial charge in [-0.25, -0.2) is 12.7 Å². The van der Waals surface area contributed by atoms with Crippen LogP contribution in [-0.4, -0.2) is 91.2 Å². The second-order valence-electron chi connectivity index (χ2n) is 12.3. The fraction of sp³-hybridized carbons (Fsp3) is 0.471. The van der Waals surface area contributed by atoms with Gasteiger partial charge in [0.25, 0.3) is 0 Å². The number of hydrogen-bond donors (Lipinski definition) is 0. The minimum Gasteiger partial charge on any atom is -0.462 e. The number of nitriles is 1. The van der Waals surface area contributed by atoms with E-state index in [0.717, 1.165) is 35.7 Å². The number of carbonyl (C=O) groups is 1. The topological polar surface area (TPSA) is 123 Å². The molecule has 0 bridgehead atoms. The number of sulfonamides is 1. The van der Waals surface area contributed by atoms with E-state index in [1.54, 1.807) is 11.9 Å². The molecule has 1 amide bonds. The average molecular weight is 644 g/mol. The number of piperazine rings is 1. The van der Waals surface area contributed by atoms with Crippen LogP contribution in [0, 0.1) is 18.3 Å². The highest BCUT2D eigenvalue weighted by atomic mass is 32.2. The summed E-state index contributed by atoms with van der Waals surface area (Å²) in [4.78, 5) is 28.5. The first-order valence-corrected chi connectivity index (χ1v) is 17.5. The highest BCUT2D eigenvalue weighted by molar-refractivity contribution is 7.89. The molecule has 242 valence electrons. The fourth-order valence-electron chi connectivity index (χ4n) is 6.74. The summed E-state index contributed by atoms with van der Waals surface area (Å²) in [5.41, 5.74) is 4.25. The summed E-state index contributed by atoms with van der Waals surface area (Å²) in [5, 5.41) is 11.6. The Hall–Kier alpha value is -4.21. The number of amides is 1. The van der Waals surface area contributed by atoms with Gasteiger partial charge in [0.05, 0.1) is 36.0 Å². The van der Waals surface area contributed by atoms with Gasteiger partial charge < -0.3 is 19.4 Å². The molecule has 2 aliphatic heterocycles. The molecule has 3 aromatic rings. The smallest absolute Gasteiger partial charge is 0.318 e. The molecule has 3 aliphatic rings. The van der Waals surface area contributed by atoms with Crippen LogP contribution in [0.1, 0.15) is 42.5 Å². The molecule has 1 aliphatic carbocycles. The summed E-state index contributed by atoms with van der Waals surface area (Å²) in [6, 6.07) is 14.8. The van der Waals surface area contributed by atoms with Crippen LogP contribution in [0.5, 0.6) is 6.01 Å². The predicted molar refractivity (Wildman–Crippen MR) is 178 cm³/mol. The van der Waals surface area contributed by atoms with Crippen LogP contribution in [-0.2, 0) is 27.8 Å². The molecule has 2 aromatic carbocycles. The number of nitrogens with zero attached hydrogens (tertiary/aromatic N) is 7. The Morgan fingerprint density at radius 1 is 1.15 bits per heavy atom. The second-order valence-corrected chi connectivity index (χ2v) is 14.7. The van der Waals surface area contributed by atoms with Crippen molar-refractivity contribution >= 4 is 38.2 Å². The molecule has 0 N–H and O–H groups in total. The van der Waals surface area contributed by atoms with Gasteiger partial charge in [0.15, 0.2) is 0 Å². The average Bonchev–Trinajstić information content (AvgIpc) is 3.02. The van der Waals surface area contributed by atoms with Crippen molar-refractivity contribution in [2.75, 3.05) is 56.2 Å². The Kier molecular flexibility index (Phi) is 9.15. The van der Waals surface area contributed by atoms with Crippen molar-refractivity contribution in [1.29, 1.82) is 5.26 Å². The van der Waals surface area contributed by atoms with E-state index < -0.39 is 10.0 Å². The standard InChI is InChI=1S/C34H41N7O4S/c1-4-31(42)41-19-18-40(22-26(41)14-16-35)33-28-15-17-39(30-13-6-10-25-9-5-8-24(2)32(25)30)23-29(28)36-34(37-33)45-21-20-38(3)46(43,44)27-11-7-12-27/h4-6,8-10,13,26-27H,1,7,11-12,14-15,17-23H2,2-3H3/t26-/m0/s1. The molecule has 1 aromatic heterocycles. The molecule has 11 nitrogen and oxygen atoms in total. The molecule has 6 rings (SSSR count). The molecular formula is C34H41N7O4S. The molecule has 12 heteroatoms. The lowest BCUT2D eigenvalue weighted by Crippen LogP contribution is -2.55. The lowest BCUT2D eigenvalue weighted by Gasteiger charge is -2.42. The van der Waals surface area contributed by atoms with Crippen molar-refractivity contribution < 1.29 is 17.9 Å². The van der Waals surface area contributed by atoms with E-state index in [1.165, 1.54) is 26.7 Å². The number of likely N-dealkylation sites (N-methyl/N-ethyl adjacent to an activating group) is 1. The largest absolute Gasteiger partial charge is 0.462 e. The van der Waals surface area contributed by atoms with Crippen molar-refractivity contribution in [2.45, 2.75) is 56.9 Å². The van der Waals surface area contributed by atoms with Crippen LogP contribution in [0.2, 0.25) is 0 Å². The lowest BCUT2D eigenvalue weighted by atomic mass is 9.99. The number of rotatable bonds is 10. The first kappa shape index (κ1) is 31.8. The first-order valence-electron chi connectivity index (χ1n) is 16.0. The van der Waals surface area contributed by atoms with Crippen molar-refractivity contribution in [3.63, 3.8) is 0 Å². The maximum Gasteiger partial charge on any atom is 0.318 e. The van der Waals surface area contributed by atoms with Crippen LogP contribution < -0.4 is 14.5 Å². The van der Waals surface area contributed by atoms with Crippen molar-refractivity contribution in [3.8, 4) is 12.1 Å². The SMILES string of the molecule is C=CC(=O)N1CCN(c2nc(OCCN(C)S(=O)(=O)C3CCC3)nc3c2CCN(c2cccc4cccc(C)c24)C3)C[C@@H]1CC#N. The van der Waals surface area contributed by atoms with Gasteiger partial charge in [0.2, 0.25) is 15.9 Å². The second kappa shape index (κ2) is 13.3. The summed E-state index contributed by atoms with van der Waals surface area (Å²) >= 11 is 0. The van der Waals surface area contributed by atoms with Gasteiger partial charge in [-0.2, -0.15) is 15.2 Å². The van der Waals surface area contributed by atoms with Crippen molar-refractivity contribution in [1.82, 2.24) is 19.2 Å². The zero-order valence-corrected chi connectivity index (χ0v) is 27.4. The Labute approximate surface area is 271 Å². The molecule has 0 spiro atoms. The minimum atomic E-state index is -3.35. The van der Waals surface area contributed by atoms with E-state index in [-0.39, 0.29) is 42.8 Å². The van der Waals surface area contributed by atoms with E-state index in [4.69, 9.17) is 14.7 Å². The summed E-state index contributed by atoms with van der Waals surface area (Å²) in [5.74, 6) is 0.563. The van der Waals surface area contributed by atoms with Crippen LogP contribution in [0.3, 0.4) is 0 Å². The maximum absolute atomic E-state index is 12.8. The Morgan fingerprint density at radius 2 is 1.93 bits per heavy atom. The van der Waals surface area contributed by atoms with Crippen LogP contribution in [0.25, 0.3) is 10.8 Å². The van der Waals surface area contributed by atoms with Crippen molar-refractivity contribution in [2.24, 2.45) is 0 Å². The Morgan fingerprint density at radius 3 is 2.65 bits per heavy atom. The molecular weight excluding hydrogens is 602 g/mol. The van der Waals surface area contributed by atoms with Gasteiger partial charge in [0, 0.05) is 56.4 Å². The Bertz CT molecular complexity index is 1780. The number of anilines is 2. The third kappa shape index (κ3) is 6.13. The highest BCUT2D eigenvalue weighted by Crippen LogP contribution is 2.36. The van der Waals surface area contributed by atoms with E-state index in [9.17, 15) is 18.5 Å². The van der Waals surface area contributed by atoms with Gasteiger partial charge >= 0.3 is 6.01 Å². The molecule has 0 unspecified atom stereocenters. The normalized spacial score (nSPS) is 18.7. The van der Waals surface area contributed by atoms with Gasteiger partial charge in [-0.05, 0) is 49.3 Å².